The van der Waals surface area contributed by atoms with E-state index in [4.69, 9.17) is 9.57 Å². The third-order valence-electron chi connectivity index (χ3n) is 5.35. The first kappa shape index (κ1) is 25.0. The van der Waals surface area contributed by atoms with Crippen LogP contribution in [0.25, 0.3) is 0 Å². The molecule has 4 amide bonds. The summed E-state index contributed by atoms with van der Waals surface area (Å²) in [6.07, 6.45) is -1.86. The monoisotopic (exact) mass is 509 g/mol. The lowest BCUT2D eigenvalue weighted by Gasteiger charge is -2.24. The molecule has 2 N–H and O–H groups in total. The Morgan fingerprint density at radius 2 is 1.94 bits per heavy atom. The number of carbonyl (C=O) groups excluding carboxylic acids is 3. The number of hydrogen-bond donors (Lipinski definition) is 2. The van der Waals surface area contributed by atoms with Crippen LogP contribution in [0.2, 0.25) is 0 Å². The number of nitrogens with zero attached hydrogens (tertiary/aromatic N) is 5. The summed E-state index contributed by atoms with van der Waals surface area (Å²) in [6, 6.07) is 5.20. The fourth-order valence-corrected chi connectivity index (χ4v) is 3.62. The number of hydrogen-bond acceptors (Lipinski definition) is 8. The second-order valence-electron chi connectivity index (χ2n) is 7.72. The second-order valence-corrected chi connectivity index (χ2v) is 7.72. The molecule has 1 aromatic carbocycles. The summed E-state index contributed by atoms with van der Waals surface area (Å²) in [7, 11) is 0. The molecule has 2 aliphatic heterocycles. The highest BCUT2D eigenvalue weighted by atomic mass is 19.3. The molecule has 15 heteroatoms. The van der Waals surface area contributed by atoms with E-state index in [1.807, 2.05) is 5.32 Å². The number of anilines is 3. The zero-order valence-electron chi connectivity index (χ0n) is 18.8. The van der Waals surface area contributed by atoms with Crippen molar-refractivity contribution in [1.29, 1.82) is 0 Å². The molecule has 2 aliphatic rings. The van der Waals surface area contributed by atoms with Gasteiger partial charge in [0.05, 0.1) is 37.6 Å². The first-order valence-electron chi connectivity index (χ1n) is 10.9. The molecule has 0 bridgehead atoms. The molecule has 36 heavy (non-hydrogen) atoms. The van der Waals surface area contributed by atoms with E-state index in [1.54, 1.807) is 11.0 Å². The van der Waals surface area contributed by atoms with Crippen LogP contribution in [0.5, 0.6) is 0 Å². The quantitative estimate of drug-likeness (QED) is 0.601. The number of rotatable bonds is 6. The lowest BCUT2D eigenvalue weighted by molar-refractivity contribution is -0.132. The molecular formula is C21H22F3N7O5. The Labute approximate surface area is 202 Å². The maximum absolute atomic E-state index is 15.0. The molecule has 1 aromatic heterocycles. The standard InChI is InChI=1S/C21H22F3N7O5/c22-15-10-13(30-12-14(36-21(30)34)11-27-18(32)17(23)24)2-3-16(15)29-6-7-31(35-9-8-29)20(33)28-19-25-4-1-5-26-19/h1-5,10,14,17H,6-9,11-12H2,(H,27,32)(H,25,26,28,33)/t14-/m0/s1. The summed E-state index contributed by atoms with van der Waals surface area (Å²) in [5.41, 5.74) is 0.447. The molecule has 2 aromatic rings. The van der Waals surface area contributed by atoms with Gasteiger partial charge >= 0.3 is 18.5 Å². The van der Waals surface area contributed by atoms with E-state index >= 15 is 4.39 Å². The van der Waals surface area contributed by atoms with E-state index in [0.29, 0.717) is 6.54 Å². The number of aromatic nitrogens is 2. The molecule has 0 saturated carbocycles. The maximum atomic E-state index is 15.0. The number of benzene rings is 1. The molecular weight excluding hydrogens is 487 g/mol. The number of hydroxylamine groups is 2. The van der Waals surface area contributed by atoms with E-state index in [9.17, 15) is 23.2 Å². The van der Waals surface area contributed by atoms with Crippen LogP contribution in [-0.2, 0) is 14.4 Å². The lowest BCUT2D eigenvalue weighted by Crippen LogP contribution is -2.37. The Morgan fingerprint density at radius 3 is 2.67 bits per heavy atom. The van der Waals surface area contributed by atoms with Gasteiger partial charge in [-0.3, -0.25) is 19.8 Å². The third kappa shape index (κ3) is 5.91. The Balaban J connectivity index is 1.35. The number of nitrogens with one attached hydrogen (secondary N) is 2. The molecule has 12 nitrogen and oxygen atoms in total. The highest BCUT2D eigenvalue weighted by molar-refractivity contribution is 5.90. The van der Waals surface area contributed by atoms with Crippen molar-refractivity contribution >= 4 is 35.4 Å². The van der Waals surface area contributed by atoms with Crippen LogP contribution in [0.4, 0.5) is 40.1 Å². The number of amides is 4. The van der Waals surface area contributed by atoms with Crippen LogP contribution >= 0.6 is 0 Å². The van der Waals surface area contributed by atoms with E-state index in [0.717, 1.165) is 16.0 Å². The van der Waals surface area contributed by atoms with Gasteiger partial charge in [0.1, 0.15) is 11.9 Å². The average Bonchev–Trinajstić information content (AvgIpc) is 3.07. The minimum absolute atomic E-state index is 0.0477. The zero-order valence-corrected chi connectivity index (χ0v) is 18.8. The minimum atomic E-state index is -3.18. The van der Waals surface area contributed by atoms with Gasteiger partial charge in [-0.15, -0.1) is 0 Å². The zero-order chi connectivity index (χ0) is 25.7. The fraction of sp³-hybridized carbons (Fsp3) is 0.381. The van der Waals surface area contributed by atoms with Crippen molar-refractivity contribution in [2.75, 3.05) is 54.4 Å². The summed E-state index contributed by atoms with van der Waals surface area (Å²) in [5, 5.41) is 5.60. The second kappa shape index (κ2) is 11.1. The smallest absolute Gasteiger partial charge is 0.414 e. The van der Waals surface area contributed by atoms with Crippen molar-refractivity contribution in [2.24, 2.45) is 0 Å². The molecule has 0 radical (unpaired) electrons. The molecule has 2 fully saturated rings. The van der Waals surface area contributed by atoms with Gasteiger partial charge in [0.2, 0.25) is 5.95 Å². The van der Waals surface area contributed by atoms with Gasteiger partial charge in [-0.1, -0.05) is 0 Å². The largest absolute Gasteiger partial charge is 0.442 e. The molecule has 3 heterocycles. The highest BCUT2D eigenvalue weighted by Gasteiger charge is 2.33. The predicted molar refractivity (Wildman–Crippen MR) is 119 cm³/mol. The van der Waals surface area contributed by atoms with Crippen molar-refractivity contribution in [1.82, 2.24) is 20.3 Å². The third-order valence-corrected chi connectivity index (χ3v) is 5.35. The summed E-state index contributed by atoms with van der Waals surface area (Å²) in [5.74, 6) is -1.97. The first-order valence-corrected chi connectivity index (χ1v) is 10.9. The van der Waals surface area contributed by atoms with Crippen LogP contribution in [0.15, 0.2) is 36.7 Å². The number of ether oxygens (including phenoxy) is 1. The van der Waals surface area contributed by atoms with Crippen molar-refractivity contribution in [3.05, 3.63) is 42.5 Å². The maximum Gasteiger partial charge on any atom is 0.414 e. The molecule has 0 aliphatic carbocycles. The van der Waals surface area contributed by atoms with Gasteiger partial charge in [-0.05, 0) is 24.3 Å². The average molecular weight is 509 g/mol. The van der Waals surface area contributed by atoms with Gasteiger partial charge < -0.3 is 15.0 Å². The number of cyclic esters (lactones) is 1. The Morgan fingerprint density at radius 1 is 1.17 bits per heavy atom. The molecule has 0 unspecified atom stereocenters. The van der Waals surface area contributed by atoms with Crippen molar-refractivity contribution in [3.63, 3.8) is 0 Å². The topological polar surface area (TPSA) is 129 Å². The lowest BCUT2D eigenvalue weighted by atomic mass is 10.2. The van der Waals surface area contributed by atoms with Crippen molar-refractivity contribution in [3.8, 4) is 0 Å². The number of halogens is 3. The van der Waals surface area contributed by atoms with Crippen LogP contribution in [0, 0.1) is 5.82 Å². The summed E-state index contributed by atoms with van der Waals surface area (Å²) < 4.78 is 44.7. The van der Waals surface area contributed by atoms with Gasteiger partial charge in [-0.25, -0.2) is 29.0 Å². The SMILES string of the molecule is O=C(NC[C@H]1CN(c2ccc(N3CCON(C(=O)Nc4ncccn4)CC3)c(F)c2)C(=O)O1)C(F)F. The Bertz CT molecular complexity index is 1110. The van der Waals surface area contributed by atoms with E-state index < -0.39 is 36.4 Å². The molecule has 0 spiro atoms. The van der Waals surface area contributed by atoms with Crippen LogP contribution in [-0.4, -0.2) is 84.9 Å². The first-order chi connectivity index (χ1) is 17.3. The van der Waals surface area contributed by atoms with E-state index in [2.05, 4.69) is 15.3 Å². The molecule has 192 valence electrons. The summed E-state index contributed by atoms with van der Waals surface area (Å²) >= 11 is 0. The van der Waals surface area contributed by atoms with Gasteiger partial charge in [0.15, 0.2) is 0 Å². The van der Waals surface area contributed by atoms with Gasteiger partial charge in [0.25, 0.3) is 5.91 Å². The Hall–Kier alpha value is -4.14. The summed E-state index contributed by atoms with van der Waals surface area (Å²) in [4.78, 5) is 51.7. The highest BCUT2D eigenvalue weighted by Crippen LogP contribution is 2.28. The molecule has 1 atom stereocenters. The predicted octanol–water partition coefficient (Wildman–Crippen LogP) is 1.61. The van der Waals surface area contributed by atoms with Crippen LogP contribution in [0.1, 0.15) is 0 Å². The van der Waals surface area contributed by atoms with Crippen LogP contribution < -0.4 is 20.4 Å². The summed E-state index contributed by atoms with van der Waals surface area (Å²) in [6.45, 7) is 0.448. The van der Waals surface area contributed by atoms with Gasteiger partial charge in [0, 0.05) is 25.5 Å². The van der Waals surface area contributed by atoms with Crippen LogP contribution in [0.3, 0.4) is 0 Å². The normalized spacial score (nSPS) is 18.2. The van der Waals surface area contributed by atoms with Gasteiger partial charge in [-0.2, -0.15) is 8.78 Å². The van der Waals surface area contributed by atoms with E-state index in [-0.39, 0.29) is 50.1 Å². The Kier molecular flexibility index (Phi) is 7.68. The van der Waals surface area contributed by atoms with E-state index in [1.165, 1.54) is 24.5 Å². The molecule has 4 rings (SSSR count). The van der Waals surface area contributed by atoms with Crippen molar-refractivity contribution in [2.45, 2.75) is 12.5 Å². The number of alkyl halides is 2. The number of urea groups is 1. The number of carbonyl (C=O) groups is 3. The van der Waals surface area contributed by atoms with Crippen molar-refractivity contribution < 1.29 is 37.1 Å². The molecule has 2 saturated heterocycles. The fourth-order valence-electron chi connectivity index (χ4n) is 3.62. The minimum Gasteiger partial charge on any atom is -0.442 e.